The van der Waals surface area contributed by atoms with Crippen molar-refractivity contribution in [1.29, 1.82) is 0 Å². The van der Waals surface area contributed by atoms with Gasteiger partial charge in [-0.05, 0) is 37.8 Å². The van der Waals surface area contributed by atoms with E-state index in [4.69, 9.17) is 9.47 Å². The van der Waals surface area contributed by atoms with Crippen molar-refractivity contribution in [3.8, 4) is 0 Å². The molecule has 1 aromatic carbocycles. The molecule has 0 fully saturated rings. The minimum atomic E-state index is -0.284. The summed E-state index contributed by atoms with van der Waals surface area (Å²) >= 11 is 0. The molecule has 1 heterocycles. The SMILES string of the molecule is CC[C@H](C(=O)O[C@H]1/C=C/C[C@@H](C)OC(=O)CCC1)c1ccccc1. The lowest BCUT2D eigenvalue weighted by atomic mass is 9.96. The molecule has 0 spiro atoms. The van der Waals surface area contributed by atoms with Gasteiger partial charge in [0.15, 0.2) is 0 Å². The number of benzene rings is 1. The lowest BCUT2D eigenvalue weighted by Crippen LogP contribution is -2.23. The van der Waals surface area contributed by atoms with Crippen LogP contribution in [-0.4, -0.2) is 24.1 Å². The molecule has 0 aromatic heterocycles. The average Bonchev–Trinajstić information content (AvgIpc) is 2.56. The smallest absolute Gasteiger partial charge is 0.313 e. The molecule has 24 heavy (non-hydrogen) atoms. The lowest BCUT2D eigenvalue weighted by Gasteiger charge is -2.21. The van der Waals surface area contributed by atoms with Crippen molar-refractivity contribution in [2.45, 2.75) is 64.1 Å². The first-order chi connectivity index (χ1) is 11.6. The normalized spacial score (nSPS) is 24.5. The van der Waals surface area contributed by atoms with E-state index in [1.807, 2.05) is 56.3 Å². The van der Waals surface area contributed by atoms with Crippen LogP contribution in [0.5, 0.6) is 0 Å². The van der Waals surface area contributed by atoms with Crippen molar-refractivity contribution in [2.24, 2.45) is 0 Å². The number of hydrogen-bond donors (Lipinski definition) is 0. The van der Waals surface area contributed by atoms with E-state index in [1.54, 1.807) is 0 Å². The number of hydrogen-bond acceptors (Lipinski definition) is 4. The molecule has 4 nitrogen and oxygen atoms in total. The third kappa shape index (κ3) is 5.52. The summed E-state index contributed by atoms with van der Waals surface area (Å²) < 4.78 is 11.0. The second-order valence-corrected chi connectivity index (χ2v) is 6.20. The third-order valence-corrected chi connectivity index (χ3v) is 4.18. The Bertz CT molecular complexity index is 564. The van der Waals surface area contributed by atoms with Crippen molar-refractivity contribution >= 4 is 11.9 Å². The molecule has 0 bridgehead atoms. The Morgan fingerprint density at radius 1 is 1.33 bits per heavy atom. The van der Waals surface area contributed by atoms with Crippen LogP contribution in [0, 0.1) is 0 Å². The van der Waals surface area contributed by atoms with E-state index < -0.39 is 0 Å². The maximum absolute atomic E-state index is 12.6. The molecule has 3 atom stereocenters. The fourth-order valence-corrected chi connectivity index (χ4v) is 2.85. The van der Waals surface area contributed by atoms with E-state index >= 15 is 0 Å². The lowest BCUT2D eigenvalue weighted by molar-refractivity contribution is -0.149. The van der Waals surface area contributed by atoms with Gasteiger partial charge in [-0.15, -0.1) is 0 Å². The standard InChI is InChI=1S/C20H26O4/c1-3-18(16-10-5-4-6-11-16)20(22)24-17-12-7-9-15(2)23-19(21)14-8-13-17/h4-7,10-12,15,17-18H,3,8-9,13-14H2,1-2H3/b12-7+/t15-,17+,18+/m1/s1. The first-order valence-corrected chi connectivity index (χ1v) is 8.71. The van der Waals surface area contributed by atoms with E-state index in [9.17, 15) is 9.59 Å². The molecule has 4 heteroatoms. The van der Waals surface area contributed by atoms with Gasteiger partial charge < -0.3 is 9.47 Å². The molecular formula is C20H26O4. The van der Waals surface area contributed by atoms with Crippen LogP contribution in [0.25, 0.3) is 0 Å². The number of cyclic esters (lactones) is 1. The molecule has 0 aliphatic carbocycles. The van der Waals surface area contributed by atoms with Crippen LogP contribution >= 0.6 is 0 Å². The second-order valence-electron chi connectivity index (χ2n) is 6.20. The summed E-state index contributed by atoms with van der Waals surface area (Å²) in [6.45, 7) is 3.85. The zero-order valence-corrected chi connectivity index (χ0v) is 14.4. The van der Waals surface area contributed by atoms with Gasteiger partial charge in [-0.2, -0.15) is 0 Å². The highest BCUT2D eigenvalue weighted by Gasteiger charge is 2.23. The van der Waals surface area contributed by atoms with E-state index in [0.717, 1.165) is 5.56 Å². The highest BCUT2D eigenvalue weighted by molar-refractivity contribution is 5.78. The molecule has 0 radical (unpaired) electrons. The Hall–Kier alpha value is -2.10. The first-order valence-electron chi connectivity index (χ1n) is 8.71. The molecular weight excluding hydrogens is 304 g/mol. The topological polar surface area (TPSA) is 52.6 Å². The summed E-state index contributed by atoms with van der Waals surface area (Å²) in [5, 5.41) is 0. The summed E-state index contributed by atoms with van der Waals surface area (Å²) in [6.07, 6.45) is 6.41. The second kappa shape index (κ2) is 9.26. The fourth-order valence-electron chi connectivity index (χ4n) is 2.85. The van der Waals surface area contributed by atoms with Gasteiger partial charge in [0.05, 0.1) is 5.92 Å². The van der Waals surface area contributed by atoms with Crippen molar-refractivity contribution in [3.05, 3.63) is 48.0 Å². The van der Waals surface area contributed by atoms with E-state index in [-0.39, 0.29) is 30.1 Å². The Morgan fingerprint density at radius 2 is 2.08 bits per heavy atom. The van der Waals surface area contributed by atoms with Gasteiger partial charge in [0, 0.05) is 12.8 Å². The van der Waals surface area contributed by atoms with Gasteiger partial charge in [0.1, 0.15) is 12.2 Å². The fraction of sp³-hybridized carbons (Fsp3) is 0.500. The molecule has 1 aliphatic heterocycles. The minimum absolute atomic E-state index is 0.143. The average molecular weight is 330 g/mol. The molecule has 0 amide bonds. The first kappa shape index (κ1) is 18.2. The predicted molar refractivity (Wildman–Crippen MR) is 92.5 cm³/mol. The summed E-state index contributed by atoms with van der Waals surface area (Å²) in [5.74, 6) is -0.636. The van der Waals surface area contributed by atoms with Crippen LogP contribution in [0.1, 0.15) is 57.4 Å². The molecule has 0 saturated carbocycles. The molecule has 1 aliphatic rings. The quantitative estimate of drug-likeness (QED) is 0.614. The van der Waals surface area contributed by atoms with E-state index in [2.05, 4.69) is 0 Å². The van der Waals surface area contributed by atoms with Crippen molar-refractivity contribution < 1.29 is 19.1 Å². The number of carbonyl (C=O) groups is 2. The molecule has 2 rings (SSSR count). The molecule has 0 N–H and O–H groups in total. The van der Waals surface area contributed by atoms with E-state index in [0.29, 0.717) is 32.1 Å². The van der Waals surface area contributed by atoms with Crippen molar-refractivity contribution in [3.63, 3.8) is 0 Å². The zero-order valence-electron chi connectivity index (χ0n) is 14.4. The van der Waals surface area contributed by atoms with Gasteiger partial charge in [-0.3, -0.25) is 9.59 Å². The maximum atomic E-state index is 12.6. The Balaban J connectivity index is 2.02. The number of rotatable bonds is 4. The highest BCUT2D eigenvalue weighted by atomic mass is 16.5. The highest BCUT2D eigenvalue weighted by Crippen LogP contribution is 2.23. The van der Waals surface area contributed by atoms with E-state index in [1.165, 1.54) is 0 Å². The van der Waals surface area contributed by atoms with Crippen molar-refractivity contribution in [1.82, 2.24) is 0 Å². The Labute approximate surface area is 143 Å². The Morgan fingerprint density at radius 3 is 2.79 bits per heavy atom. The minimum Gasteiger partial charge on any atom is -0.462 e. The van der Waals surface area contributed by atoms with Crippen LogP contribution in [0.15, 0.2) is 42.5 Å². The van der Waals surface area contributed by atoms with Gasteiger partial charge in [-0.1, -0.05) is 43.3 Å². The largest absolute Gasteiger partial charge is 0.462 e. The predicted octanol–water partition coefficient (Wildman–Crippen LogP) is 4.15. The summed E-state index contributed by atoms with van der Waals surface area (Å²) in [6, 6.07) is 9.71. The van der Waals surface area contributed by atoms with Gasteiger partial charge in [0.25, 0.3) is 0 Å². The summed E-state index contributed by atoms with van der Waals surface area (Å²) in [5.41, 5.74) is 0.978. The molecule has 0 saturated heterocycles. The van der Waals surface area contributed by atoms with Crippen LogP contribution in [0.2, 0.25) is 0 Å². The monoisotopic (exact) mass is 330 g/mol. The van der Waals surface area contributed by atoms with Crippen LogP contribution in [0.4, 0.5) is 0 Å². The van der Waals surface area contributed by atoms with Crippen LogP contribution in [-0.2, 0) is 19.1 Å². The number of esters is 2. The third-order valence-electron chi connectivity index (χ3n) is 4.18. The summed E-state index contributed by atoms with van der Waals surface area (Å²) in [4.78, 5) is 24.2. The number of carbonyl (C=O) groups excluding carboxylic acids is 2. The van der Waals surface area contributed by atoms with Crippen molar-refractivity contribution in [2.75, 3.05) is 0 Å². The maximum Gasteiger partial charge on any atom is 0.313 e. The molecule has 130 valence electrons. The molecule has 1 aromatic rings. The number of ether oxygens (including phenoxy) is 2. The Kier molecular flexibility index (Phi) is 7.04. The molecule has 0 unspecified atom stereocenters. The summed E-state index contributed by atoms with van der Waals surface area (Å²) in [7, 11) is 0. The van der Waals surface area contributed by atoms with Crippen LogP contribution < -0.4 is 0 Å². The zero-order chi connectivity index (χ0) is 17.4. The van der Waals surface area contributed by atoms with Crippen LogP contribution in [0.3, 0.4) is 0 Å². The van der Waals surface area contributed by atoms with Gasteiger partial charge >= 0.3 is 11.9 Å². The van der Waals surface area contributed by atoms with Gasteiger partial charge in [-0.25, -0.2) is 0 Å². The van der Waals surface area contributed by atoms with Gasteiger partial charge in [0.2, 0.25) is 0 Å².